The number of nitrogens with two attached hydrogens (primary N) is 1. The summed E-state index contributed by atoms with van der Waals surface area (Å²) in [5, 5.41) is 3.04. The minimum absolute atomic E-state index is 0.492. The minimum Gasteiger partial charge on any atom is -0.373 e. The number of nitrogens with one attached hydrogen (secondary N) is 1. The third-order valence-corrected chi connectivity index (χ3v) is 1.67. The van der Waals surface area contributed by atoms with Crippen molar-refractivity contribution in [3.8, 4) is 0 Å². The molecule has 60 valence electrons. The Hall–Kier alpha value is -1.02. The molecular formula is C9H14N2. The Morgan fingerprint density at radius 3 is 2.36 bits per heavy atom. The van der Waals surface area contributed by atoms with E-state index in [1.807, 2.05) is 12.1 Å². The zero-order chi connectivity index (χ0) is 8.10. The van der Waals surface area contributed by atoms with Gasteiger partial charge < -0.3 is 11.1 Å². The quantitative estimate of drug-likeness (QED) is 0.642. The molecule has 0 atom stereocenters. The average Bonchev–Trinajstić information content (AvgIpc) is 2.07. The van der Waals surface area contributed by atoms with Crippen LogP contribution in [0.25, 0.3) is 0 Å². The standard InChI is InChI=1S/C9H14N2/c1-2-8-3-5-9(6-4-8)11-7-10/h3-6,11H,2,7,10H2,1H3. The van der Waals surface area contributed by atoms with Gasteiger partial charge in [-0.05, 0) is 24.1 Å². The molecule has 0 amide bonds. The molecule has 0 aliphatic heterocycles. The molecule has 0 heterocycles. The Labute approximate surface area is 67.4 Å². The second-order valence-corrected chi connectivity index (χ2v) is 2.43. The van der Waals surface area contributed by atoms with Crippen LogP contribution in [0, 0.1) is 0 Å². The highest BCUT2D eigenvalue weighted by molar-refractivity contribution is 5.44. The molecule has 3 N–H and O–H groups in total. The third kappa shape index (κ3) is 2.24. The Balaban J connectivity index is 2.66. The molecule has 0 aliphatic carbocycles. The summed E-state index contributed by atoms with van der Waals surface area (Å²) < 4.78 is 0. The molecule has 1 aromatic carbocycles. The van der Waals surface area contributed by atoms with Gasteiger partial charge in [0, 0.05) is 5.69 Å². The van der Waals surface area contributed by atoms with E-state index in [1.165, 1.54) is 5.56 Å². The summed E-state index contributed by atoms with van der Waals surface area (Å²) in [4.78, 5) is 0. The van der Waals surface area contributed by atoms with E-state index in [0.29, 0.717) is 6.67 Å². The van der Waals surface area contributed by atoms with Gasteiger partial charge >= 0.3 is 0 Å². The van der Waals surface area contributed by atoms with E-state index in [1.54, 1.807) is 0 Å². The van der Waals surface area contributed by atoms with Gasteiger partial charge in [0.15, 0.2) is 0 Å². The van der Waals surface area contributed by atoms with E-state index in [4.69, 9.17) is 5.73 Å². The van der Waals surface area contributed by atoms with Crippen molar-refractivity contribution >= 4 is 5.69 Å². The lowest BCUT2D eigenvalue weighted by atomic mass is 10.1. The molecule has 1 rings (SSSR count). The first-order chi connectivity index (χ1) is 5.36. The smallest absolute Gasteiger partial charge is 0.0628 e. The van der Waals surface area contributed by atoms with Crippen LogP contribution in [0.3, 0.4) is 0 Å². The van der Waals surface area contributed by atoms with Crippen LogP contribution in [-0.4, -0.2) is 6.67 Å². The number of aryl methyl sites for hydroxylation is 1. The Morgan fingerprint density at radius 2 is 1.91 bits per heavy atom. The van der Waals surface area contributed by atoms with Gasteiger partial charge in [0.25, 0.3) is 0 Å². The van der Waals surface area contributed by atoms with E-state index >= 15 is 0 Å². The summed E-state index contributed by atoms with van der Waals surface area (Å²) in [6, 6.07) is 8.31. The van der Waals surface area contributed by atoms with E-state index < -0.39 is 0 Å². The zero-order valence-electron chi connectivity index (χ0n) is 6.80. The monoisotopic (exact) mass is 150 g/mol. The molecule has 2 heteroatoms. The van der Waals surface area contributed by atoms with Gasteiger partial charge in [-0.3, -0.25) is 0 Å². The number of anilines is 1. The normalized spacial score (nSPS) is 9.64. The van der Waals surface area contributed by atoms with Gasteiger partial charge in [-0.1, -0.05) is 19.1 Å². The summed E-state index contributed by atoms with van der Waals surface area (Å²) >= 11 is 0. The molecular weight excluding hydrogens is 136 g/mol. The number of benzene rings is 1. The van der Waals surface area contributed by atoms with Crippen LogP contribution in [0.4, 0.5) is 5.69 Å². The van der Waals surface area contributed by atoms with Crippen molar-refractivity contribution in [2.45, 2.75) is 13.3 Å². The fourth-order valence-corrected chi connectivity index (χ4v) is 0.976. The lowest BCUT2D eigenvalue weighted by molar-refractivity contribution is 1.12. The van der Waals surface area contributed by atoms with Gasteiger partial charge in [0.1, 0.15) is 0 Å². The topological polar surface area (TPSA) is 38.0 Å². The van der Waals surface area contributed by atoms with Crippen molar-refractivity contribution in [2.24, 2.45) is 5.73 Å². The van der Waals surface area contributed by atoms with Crippen LogP contribution in [0.5, 0.6) is 0 Å². The maximum atomic E-state index is 5.32. The fraction of sp³-hybridized carbons (Fsp3) is 0.333. The number of rotatable bonds is 3. The van der Waals surface area contributed by atoms with E-state index in [9.17, 15) is 0 Å². The third-order valence-electron chi connectivity index (χ3n) is 1.67. The number of hydrogen-bond donors (Lipinski definition) is 2. The maximum Gasteiger partial charge on any atom is 0.0628 e. The largest absolute Gasteiger partial charge is 0.373 e. The Morgan fingerprint density at radius 1 is 1.27 bits per heavy atom. The van der Waals surface area contributed by atoms with Crippen molar-refractivity contribution in [1.29, 1.82) is 0 Å². The first kappa shape index (κ1) is 8.08. The van der Waals surface area contributed by atoms with Crippen LogP contribution in [-0.2, 0) is 6.42 Å². The molecule has 0 aliphatic rings. The molecule has 0 radical (unpaired) electrons. The molecule has 0 aromatic heterocycles. The summed E-state index contributed by atoms with van der Waals surface area (Å²) in [6.07, 6.45) is 1.09. The van der Waals surface area contributed by atoms with Crippen LogP contribution in [0.15, 0.2) is 24.3 Å². The van der Waals surface area contributed by atoms with E-state index in [-0.39, 0.29) is 0 Å². The van der Waals surface area contributed by atoms with Crippen molar-refractivity contribution in [1.82, 2.24) is 0 Å². The van der Waals surface area contributed by atoms with E-state index in [0.717, 1.165) is 12.1 Å². The maximum absolute atomic E-state index is 5.32. The molecule has 0 saturated heterocycles. The first-order valence-electron chi connectivity index (χ1n) is 3.89. The summed E-state index contributed by atoms with van der Waals surface area (Å²) in [7, 11) is 0. The lowest BCUT2D eigenvalue weighted by Gasteiger charge is -2.02. The fourth-order valence-electron chi connectivity index (χ4n) is 0.976. The van der Waals surface area contributed by atoms with Gasteiger partial charge in [-0.15, -0.1) is 0 Å². The first-order valence-corrected chi connectivity index (χ1v) is 3.89. The molecule has 11 heavy (non-hydrogen) atoms. The van der Waals surface area contributed by atoms with Crippen LogP contribution < -0.4 is 11.1 Å². The SMILES string of the molecule is CCc1ccc(NCN)cc1. The molecule has 0 fully saturated rings. The average molecular weight is 150 g/mol. The Bertz CT molecular complexity index is 203. The molecule has 0 spiro atoms. The second kappa shape index (κ2) is 3.98. The predicted molar refractivity (Wildman–Crippen MR) is 48.5 cm³/mol. The molecule has 0 unspecified atom stereocenters. The summed E-state index contributed by atoms with van der Waals surface area (Å²) in [6.45, 7) is 2.64. The predicted octanol–water partition coefficient (Wildman–Crippen LogP) is 1.58. The van der Waals surface area contributed by atoms with Gasteiger partial charge in [-0.25, -0.2) is 0 Å². The number of hydrogen-bond acceptors (Lipinski definition) is 2. The molecule has 0 saturated carbocycles. The molecule has 2 nitrogen and oxygen atoms in total. The highest BCUT2D eigenvalue weighted by Gasteiger charge is 1.89. The zero-order valence-corrected chi connectivity index (χ0v) is 6.80. The second-order valence-electron chi connectivity index (χ2n) is 2.43. The summed E-state index contributed by atoms with van der Waals surface area (Å²) in [5.41, 5.74) is 7.76. The van der Waals surface area contributed by atoms with Crippen molar-refractivity contribution < 1.29 is 0 Å². The van der Waals surface area contributed by atoms with Gasteiger partial charge in [-0.2, -0.15) is 0 Å². The van der Waals surface area contributed by atoms with Crippen LogP contribution >= 0.6 is 0 Å². The lowest BCUT2D eigenvalue weighted by Crippen LogP contribution is -2.10. The van der Waals surface area contributed by atoms with Crippen LogP contribution in [0.2, 0.25) is 0 Å². The van der Waals surface area contributed by atoms with Crippen molar-refractivity contribution in [3.63, 3.8) is 0 Å². The van der Waals surface area contributed by atoms with Gasteiger partial charge in [0.05, 0.1) is 6.67 Å². The Kier molecular flexibility index (Phi) is 2.93. The van der Waals surface area contributed by atoms with Crippen molar-refractivity contribution in [2.75, 3.05) is 12.0 Å². The molecule has 1 aromatic rings. The van der Waals surface area contributed by atoms with E-state index in [2.05, 4.69) is 24.4 Å². The van der Waals surface area contributed by atoms with Crippen molar-refractivity contribution in [3.05, 3.63) is 29.8 Å². The van der Waals surface area contributed by atoms with Gasteiger partial charge in [0.2, 0.25) is 0 Å². The highest BCUT2D eigenvalue weighted by Crippen LogP contribution is 2.08. The minimum atomic E-state index is 0.492. The summed E-state index contributed by atoms with van der Waals surface area (Å²) in [5.74, 6) is 0. The molecule has 0 bridgehead atoms. The highest BCUT2D eigenvalue weighted by atomic mass is 15.0. The van der Waals surface area contributed by atoms with Crippen LogP contribution in [0.1, 0.15) is 12.5 Å².